The van der Waals surface area contributed by atoms with E-state index in [4.69, 9.17) is 0 Å². The van der Waals surface area contributed by atoms with E-state index in [1.165, 1.54) is 12.1 Å². The van der Waals surface area contributed by atoms with Gasteiger partial charge in [-0.3, -0.25) is 9.48 Å². The second kappa shape index (κ2) is 7.20. The first-order valence-corrected chi connectivity index (χ1v) is 10.0. The summed E-state index contributed by atoms with van der Waals surface area (Å²) >= 11 is 0. The summed E-state index contributed by atoms with van der Waals surface area (Å²) in [5.74, 6) is 0.852. The summed E-state index contributed by atoms with van der Waals surface area (Å²) in [7, 11) is 1.90. The Morgan fingerprint density at radius 1 is 1.10 bits per heavy atom. The molecule has 0 saturated carbocycles. The number of imidazole rings is 1. The van der Waals surface area contributed by atoms with Crippen LogP contribution >= 0.6 is 0 Å². The summed E-state index contributed by atoms with van der Waals surface area (Å²) in [6, 6.07) is 15.9. The van der Waals surface area contributed by atoms with Gasteiger partial charge in [0.2, 0.25) is 5.91 Å². The number of nitrogens with one attached hydrogen (secondary N) is 1. The van der Waals surface area contributed by atoms with Gasteiger partial charge < -0.3 is 9.88 Å². The summed E-state index contributed by atoms with van der Waals surface area (Å²) in [5.41, 5.74) is 4.83. The van der Waals surface area contributed by atoms with Crippen LogP contribution in [0.4, 0.5) is 5.69 Å². The van der Waals surface area contributed by atoms with Crippen LogP contribution in [0.25, 0.3) is 22.3 Å². The summed E-state index contributed by atoms with van der Waals surface area (Å²) in [5, 5.41) is 8.64. The van der Waals surface area contributed by atoms with Gasteiger partial charge in [-0.1, -0.05) is 30.3 Å². The van der Waals surface area contributed by atoms with Crippen molar-refractivity contribution in [2.45, 2.75) is 32.2 Å². The number of hydrogen-bond donors (Lipinski definition) is 1. The smallest absolute Gasteiger partial charge is 0.230 e. The van der Waals surface area contributed by atoms with Gasteiger partial charge in [-0.05, 0) is 37.5 Å². The van der Waals surface area contributed by atoms with Crippen LogP contribution in [-0.2, 0) is 31.2 Å². The molecule has 0 fully saturated rings. The van der Waals surface area contributed by atoms with Crippen LogP contribution in [-0.4, -0.2) is 25.2 Å². The molecular weight excluding hydrogens is 362 g/mol. The van der Waals surface area contributed by atoms with Gasteiger partial charge in [0.25, 0.3) is 0 Å². The molecule has 6 nitrogen and oxygen atoms in total. The predicted molar refractivity (Wildman–Crippen MR) is 114 cm³/mol. The molecule has 2 aromatic heterocycles. The number of fused-ring (bicyclic) bond motifs is 2. The fraction of sp³-hybridized carbons (Fsp3) is 0.261. The van der Waals surface area contributed by atoms with E-state index in [9.17, 15) is 4.79 Å². The molecule has 0 aliphatic carbocycles. The van der Waals surface area contributed by atoms with Crippen LogP contribution in [0.2, 0.25) is 0 Å². The number of benzene rings is 2. The highest BCUT2D eigenvalue weighted by Crippen LogP contribution is 2.30. The van der Waals surface area contributed by atoms with E-state index in [2.05, 4.69) is 20.0 Å². The molecule has 1 amide bonds. The van der Waals surface area contributed by atoms with Crippen molar-refractivity contribution in [1.82, 2.24) is 19.3 Å². The molecule has 1 aliphatic heterocycles. The maximum atomic E-state index is 12.9. The highest BCUT2D eigenvalue weighted by Gasteiger charge is 2.19. The standard InChI is InChI=1S/C23H23N5O/c1-27-21-12-5-3-9-17(21)20(26-27)14-22(29)25-19-11-4-2-10-18(19)23-24-15-16-8-6-7-13-28(16)23/h2-5,9-12,15H,6-8,13-14H2,1H3,(H,25,29). The zero-order valence-corrected chi connectivity index (χ0v) is 16.4. The molecule has 2 aromatic carbocycles. The average Bonchev–Trinajstić information content (AvgIpc) is 3.30. The largest absolute Gasteiger partial charge is 0.328 e. The number of carbonyl (C=O) groups excluding carboxylic acids is 1. The molecule has 0 atom stereocenters. The summed E-state index contributed by atoms with van der Waals surface area (Å²) < 4.78 is 4.10. The van der Waals surface area contributed by atoms with E-state index in [-0.39, 0.29) is 12.3 Å². The highest BCUT2D eigenvalue weighted by atomic mass is 16.1. The fourth-order valence-corrected chi connectivity index (χ4v) is 4.20. The number of aromatic nitrogens is 4. The number of rotatable bonds is 4. The Morgan fingerprint density at radius 3 is 2.86 bits per heavy atom. The first-order chi connectivity index (χ1) is 14.2. The molecular formula is C23H23N5O. The molecule has 29 heavy (non-hydrogen) atoms. The first-order valence-electron chi connectivity index (χ1n) is 10.0. The Morgan fingerprint density at radius 2 is 1.93 bits per heavy atom. The molecule has 1 N–H and O–H groups in total. The van der Waals surface area contributed by atoms with Gasteiger partial charge in [0.1, 0.15) is 5.82 Å². The Labute approximate surface area is 169 Å². The zero-order chi connectivity index (χ0) is 19.8. The number of carbonyl (C=O) groups is 1. The van der Waals surface area contributed by atoms with E-state index in [0.717, 1.165) is 53.1 Å². The molecule has 4 aromatic rings. The lowest BCUT2D eigenvalue weighted by atomic mass is 10.1. The predicted octanol–water partition coefficient (Wildman–Crippen LogP) is 3.95. The number of anilines is 1. The monoisotopic (exact) mass is 385 g/mol. The minimum Gasteiger partial charge on any atom is -0.328 e. The van der Waals surface area contributed by atoms with E-state index in [1.54, 1.807) is 0 Å². The number of para-hydroxylation sites is 2. The molecule has 0 radical (unpaired) electrons. The third-order valence-electron chi connectivity index (χ3n) is 5.61. The van der Waals surface area contributed by atoms with Crippen LogP contribution in [0.1, 0.15) is 24.2 Å². The molecule has 0 unspecified atom stereocenters. The third kappa shape index (κ3) is 3.20. The van der Waals surface area contributed by atoms with Crippen molar-refractivity contribution < 1.29 is 4.79 Å². The first kappa shape index (κ1) is 17.7. The molecule has 6 heteroatoms. The van der Waals surface area contributed by atoms with Crippen LogP contribution in [0.15, 0.2) is 54.7 Å². The lowest BCUT2D eigenvalue weighted by Crippen LogP contribution is -2.16. The van der Waals surface area contributed by atoms with E-state index >= 15 is 0 Å². The maximum Gasteiger partial charge on any atom is 0.230 e. The van der Waals surface area contributed by atoms with Crippen molar-refractivity contribution in [2.75, 3.05) is 5.32 Å². The number of hydrogen-bond acceptors (Lipinski definition) is 3. The van der Waals surface area contributed by atoms with Crippen molar-refractivity contribution in [3.05, 3.63) is 66.1 Å². The molecule has 0 bridgehead atoms. The van der Waals surface area contributed by atoms with Crippen LogP contribution < -0.4 is 5.32 Å². The van der Waals surface area contributed by atoms with Gasteiger partial charge in [-0.15, -0.1) is 0 Å². The van der Waals surface area contributed by atoms with Crippen molar-refractivity contribution in [2.24, 2.45) is 7.05 Å². The van der Waals surface area contributed by atoms with Crippen LogP contribution in [0.5, 0.6) is 0 Å². The summed E-state index contributed by atoms with van der Waals surface area (Å²) in [6.07, 6.45) is 5.63. The van der Waals surface area contributed by atoms with Gasteiger partial charge in [0.15, 0.2) is 0 Å². The molecule has 5 rings (SSSR count). The van der Waals surface area contributed by atoms with Crippen molar-refractivity contribution in [1.29, 1.82) is 0 Å². The lowest BCUT2D eigenvalue weighted by molar-refractivity contribution is -0.115. The minimum atomic E-state index is -0.0771. The number of amides is 1. The third-order valence-corrected chi connectivity index (χ3v) is 5.61. The molecule has 0 spiro atoms. The fourth-order valence-electron chi connectivity index (χ4n) is 4.20. The van der Waals surface area contributed by atoms with E-state index < -0.39 is 0 Å². The Kier molecular flexibility index (Phi) is 4.39. The van der Waals surface area contributed by atoms with E-state index in [0.29, 0.717) is 0 Å². The molecule has 1 aliphatic rings. The van der Waals surface area contributed by atoms with Gasteiger partial charge in [-0.25, -0.2) is 4.98 Å². The van der Waals surface area contributed by atoms with Crippen LogP contribution in [0, 0.1) is 0 Å². The van der Waals surface area contributed by atoms with Gasteiger partial charge in [0.05, 0.1) is 23.3 Å². The average molecular weight is 385 g/mol. The lowest BCUT2D eigenvalue weighted by Gasteiger charge is -2.18. The van der Waals surface area contributed by atoms with Gasteiger partial charge in [-0.2, -0.15) is 5.10 Å². The normalized spacial score (nSPS) is 13.4. The molecule has 0 saturated heterocycles. The van der Waals surface area contributed by atoms with Crippen molar-refractivity contribution in [3.8, 4) is 11.4 Å². The highest BCUT2D eigenvalue weighted by molar-refractivity contribution is 5.97. The Bertz CT molecular complexity index is 1200. The maximum absolute atomic E-state index is 12.9. The summed E-state index contributed by atoms with van der Waals surface area (Å²) in [4.78, 5) is 17.5. The van der Waals surface area contributed by atoms with Gasteiger partial charge in [0, 0.05) is 36.4 Å². The SMILES string of the molecule is Cn1nc(CC(=O)Nc2ccccc2-c2ncc3n2CCCC3)c2ccccc21. The topological polar surface area (TPSA) is 64.7 Å². The number of nitrogens with zero attached hydrogens (tertiary/aromatic N) is 4. The zero-order valence-electron chi connectivity index (χ0n) is 16.4. The second-order valence-corrected chi connectivity index (χ2v) is 7.54. The second-order valence-electron chi connectivity index (χ2n) is 7.54. The van der Waals surface area contributed by atoms with E-state index in [1.807, 2.05) is 66.5 Å². The van der Waals surface area contributed by atoms with Crippen LogP contribution in [0.3, 0.4) is 0 Å². The minimum absolute atomic E-state index is 0.0771. The molecule has 146 valence electrons. The van der Waals surface area contributed by atoms with Crippen molar-refractivity contribution in [3.63, 3.8) is 0 Å². The Balaban J connectivity index is 1.43. The Hall–Kier alpha value is -3.41. The number of aryl methyl sites for hydroxylation is 2. The van der Waals surface area contributed by atoms with Crippen molar-refractivity contribution >= 4 is 22.5 Å². The molecule has 3 heterocycles. The van der Waals surface area contributed by atoms with Gasteiger partial charge >= 0.3 is 0 Å². The quantitative estimate of drug-likeness (QED) is 0.578. The summed E-state index contributed by atoms with van der Waals surface area (Å²) in [6.45, 7) is 0.979.